The highest BCUT2D eigenvalue weighted by atomic mass is 32.2. The second kappa shape index (κ2) is 8.28. The van der Waals surface area contributed by atoms with Crippen molar-refractivity contribution >= 4 is 10.1 Å². The van der Waals surface area contributed by atoms with Crippen molar-refractivity contribution in [2.45, 2.75) is 4.90 Å². The molecule has 0 unspecified atom stereocenters. The molecule has 3 aromatic rings. The minimum atomic E-state index is -5.77. The van der Waals surface area contributed by atoms with Gasteiger partial charge < -0.3 is 4.55 Å². The molecule has 0 saturated heterocycles. The van der Waals surface area contributed by atoms with Crippen LogP contribution in [-0.4, -0.2) is 13.0 Å². The van der Waals surface area contributed by atoms with Gasteiger partial charge in [-0.05, 0) is 11.1 Å². The Bertz CT molecular complexity index is 973. The van der Waals surface area contributed by atoms with E-state index in [-0.39, 0.29) is 0 Å². The van der Waals surface area contributed by atoms with Gasteiger partial charge in [0.25, 0.3) is 0 Å². The fraction of sp³-hybridized carbons (Fsp3) is 0. The molecule has 27 heavy (non-hydrogen) atoms. The molecule has 0 amide bonds. The van der Waals surface area contributed by atoms with Crippen LogP contribution in [0.15, 0.2) is 65.6 Å². The Morgan fingerprint density at radius 3 is 1.15 bits per heavy atom. The third-order valence-electron chi connectivity index (χ3n) is 3.30. The van der Waals surface area contributed by atoms with E-state index < -0.39 is 44.1 Å². The summed E-state index contributed by atoms with van der Waals surface area (Å²) in [4.78, 5) is -2.38. The molecule has 0 N–H and O–H groups in total. The summed E-state index contributed by atoms with van der Waals surface area (Å²) in [6, 6.07) is 20.8. The summed E-state index contributed by atoms with van der Waals surface area (Å²) in [6.45, 7) is 0. The first kappa shape index (κ1) is 20.5. The van der Waals surface area contributed by atoms with Crippen LogP contribution in [0.2, 0.25) is 0 Å². The lowest BCUT2D eigenvalue weighted by molar-refractivity contribution is 0.350. The number of benzene rings is 3. The molecule has 3 aromatic carbocycles. The van der Waals surface area contributed by atoms with E-state index in [1.54, 1.807) is 0 Å². The van der Waals surface area contributed by atoms with Gasteiger partial charge in [0.2, 0.25) is 5.82 Å². The van der Waals surface area contributed by atoms with Crippen LogP contribution in [0.3, 0.4) is 0 Å². The van der Waals surface area contributed by atoms with E-state index in [2.05, 4.69) is 48.5 Å². The number of halogens is 5. The molecule has 0 aliphatic heterocycles. The lowest BCUT2D eigenvalue weighted by Crippen LogP contribution is -2.12. The molecule has 0 bridgehead atoms. The van der Waals surface area contributed by atoms with Gasteiger partial charge in [-0.25, -0.2) is 30.4 Å². The number of hydrogen-bond donors (Lipinski definition) is 0. The molecule has 0 heterocycles. The Morgan fingerprint density at radius 2 is 0.852 bits per heavy atom. The smallest absolute Gasteiger partial charge is 0.200 e. The summed E-state index contributed by atoms with van der Waals surface area (Å²) in [5.74, 6) is -12.8. The molecule has 3 nitrogen and oxygen atoms in total. The topological polar surface area (TPSA) is 57.2 Å². The van der Waals surface area contributed by atoms with Crippen LogP contribution < -0.4 is 0 Å². The van der Waals surface area contributed by atoms with Gasteiger partial charge in [-0.15, -0.1) is 0 Å². The molecule has 0 saturated carbocycles. The van der Waals surface area contributed by atoms with E-state index in [0.717, 1.165) is 0 Å². The van der Waals surface area contributed by atoms with E-state index in [1.165, 1.54) is 11.1 Å². The summed E-state index contributed by atoms with van der Waals surface area (Å²) in [5.41, 5.74) is 2.55. The first-order chi connectivity index (χ1) is 12.6. The predicted molar refractivity (Wildman–Crippen MR) is 86.1 cm³/mol. The van der Waals surface area contributed by atoms with Crippen LogP contribution in [0.4, 0.5) is 22.0 Å². The highest BCUT2D eigenvalue weighted by Crippen LogP contribution is 2.26. The van der Waals surface area contributed by atoms with Crippen LogP contribution >= 0.6 is 0 Å². The van der Waals surface area contributed by atoms with Gasteiger partial charge in [-0.2, -0.15) is 0 Å². The third kappa shape index (κ3) is 4.69. The highest BCUT2D eigenvalue weighted by molar-refractivity contribution is 7.85. The summed E-state index contributed by atoms with van der Waals surface area (Å²) >= 11 is 0. The van der Waals surface area contributed by atoms with Gasteiger partial charge in [0.1, 0.15) is 15.0 Å². The maximum Gasteiger partial charge on any atom is 0.200 e. The van der Waals surface area contributed by atoms with Crippen LogP contribution in [-0.2, 0) is 10.1 Å². The fourth-order valence-electron chi connectivity index (χ4n) is 2.07. The Kier molecular flexibility index (Phi) is 6.29. The lowest BCUT2D eigenvalue weighted by Gasteiger charge is -2.10. The van der Waals surface area contributed by atoms with Crippen LogP contribution in [0.1, 0.15) is 0 Å². The summed E-state index contributed by atoms with van der Waals surface area (Å²) in [5, 5.41) is 0. The molecule has 142 valence electrons. The molecule has 3 rings (SSSR count). The average Bonchev–Trinajstić information content (AvgIpc) is 2.66. The zero-order valence-electron chi connectivity index (χ0n) is 13.3. The summed E-state index contributed by atoms with van der Waals surface area (Å²) < 4.78 is 92.9. The largest absolute Gasteiger partial charge is 0.744 e. The van der Waals surface area contributed by atoms with Crippen LogP contribution in [0.5, 0.6) is 0 Å². The number of hydrogen-bond acceptors (Lipinski definition) is 3. The van der Waals surface area contributed by atoms with Crippen molar-refractivity contribution in [2.75, 3.05) is 0 Å². The zero-order valence-corrected chi connectivity index (χ0v) is 14.1. The standard InChI is InChI=1S/C12H10.C6HF5O3S/c1-3-7-11(8-4-1)12-9-5-2-6-10-12;7-1-2(8)4(10)6(15(12,13)14)5(11)3(1)9/h1-10H;(H,12,13,14)/p-1. The van der Waals surface area contributed by atoms with Gasteiger partial charge in [-0.1, -0.05) is 60.7 Å². The number of rotatable bonds is 2. The summed E-state index contributed by atoms with van der Waals surface area (Å²) in [7, 11) is -5.77. The van der Waals surface area contributed by atoms with E-state index in [9.17, 15) is 34.9 Å². The molecular weight excluding hydrogens is 391 g/mol. The molecule has 0 spiro atoms. The molecule has 9 heteroatoms. The van der Waals surface area contributed by atoms with E-state index >= 15 is 0 Å². The molecule has 0 radical (unpaired) electrons. The molecule has 0 aliphatic rings. The van der Waals surface area contributed by atoms with Crippen molar-refractivity contribution < 1.29 is 34.9 Å². The minimum absolute atomic E-state index is 1.28. The Morgan fingerprint density at radius 1 is 0.556 bits per heavy atom. The Hall–Kier alpha value is -2.78. The van der Waals surface area contributed by atoms with Crippen molar-refractivity contribution in [1.82, 2.24) is 0 Å². The first-order valence-electron chi connectivity index (χ1n) is 7.22. The van der Waals surface area contributed by atoms with E-state index in [4.69, 9.17) is 0 Å². The maximum atomic E-state index is 12.6. The predicted octanol–water partition coefficient (Wildman–Crippen LogP) is 4.64. The van der Waals surface area contributed by atoms with Crippen molar-refractivity contribution in [2.24, 2.45) is 0 Å². The fourth-order valence-corrected chi connectivity index (χ4v) is 2.68. The molecule has 0 aliphatic carbocycles. The molecular formula is C18H10F5O3S-. The molecule has 0 aromatic heterocycles. The second-order valence-electron chi connectivity index (χ2n) is 5.09. The van der Waals surface area contributed by atoms with Crippen molar-refractivity contribution in [3.8, 4) is 11.1 Å². The van der Waals surface area contributed by atoms with Crippen LogP contribution in [0.25, 0.3) is 11.1 Å². The second-order valence-corrected chi connectivity index (χ2v) is 6.40. The van der Waals surface area contributed by atoms with Crippen molar-refractivity contribution in [1.29, 1.82) is 0 Å². The van der Waals surface area contributed by atoms with Gasteiger partial charge >= 0.3 is 0 Å². The third-order valence-corrected chi connectivity index (χ3v) is 4.16. The van der Waals surface area contributed by atoms with Crippen molar-refractivity contribution in [3.05, 3.63) is 89.7 Å². The summed E-state index contributed by atoms with van der Waals surface area (Å²) in [6.07, 6.45) is 0. The van der Waals surface area contributed by atoms with Gasteiger partial charge in [0.05, 0.1) is 0 Å². The Balaban J connectivity index is 0.000000198. The normalized spacial score (nSPS) is 10.9. The van der Waals surface area contributed by atoms with Crippen molar-refractivity contribution in [3.63, 3.8) is 0 Å². The van der Waals surface area contributed by atoms with Gasteiger partial charge in [0, 0.05) is 0 Å². The Labute approximate surface area is 151 Å². The maximum absolute atomic E-state index is 12.6. The first-order valence-corrected chi connectivity index (χ1v) is 8.63. The molecule has 0 fully saturated rings. The van der Waals surface area contributed by atoms with Crippen LogP contribution in [0, 0.1) is 29.1 Å². The van der Waals surface area contributed by atoms with E-state index in [1.807, 2.05) is 12.1 Å². The minimum Gasteiger partial charge on any atom is -0.744 e. The SMILES string of the molecule is O=S(=O)([O-])c1c(F)c(F)c(F)c(F)c1F.c1ccc(-c2ccccc2)cc1. The van der Waals surface area contributed by atoms with Gasteiger partial charge in [-0.3, -0.25) is 0 Å². The van der Waals surface area contributed by atoms with Gasteiger partial charge in [0.15, 0.2) is 23.3 Å². The highest BCUT2D eigenvalue weighted by Gasteiger charge is 2.28. The zero-order chi connectivity index (χ0) is 20.2. The molecule has 0 atom stereocenters. The average molecular weight is 401 g/mol. The quantitative estimate of drug-likeness (QED) is 0.272. The lowest BCUT2D eigenvalue weighted by atomic mass is 10.1. The van der Waals surface area contributed by atoms with E-state index in [0.29, 0.717) is 0 Å². The monoisotopic (exact) mass is 401 g/mol.